The van der Waals surface area contributed by atoms with Crippen molar-refractivity contribution in [3.05, 3.63) is 11.8 Å². The van der Waals surface area contributed by atoms with Crippen LogP contribution in [0.25, 0.3) is 0 Å². The highest BCUT2D eigenvalue weighted by atomic mass is 16.5. The van der Waals surface area contributed by atoms with Gasteiger partial charge in [-0.15, -0.1) is 0 Å². The molecule has 3 N–H and O–H groups in total. The third-order valence-electron chi connectivity index (χ3n) is 2.97. The quantitative estimate of drug-likeness (QED) is 0.457. The number of aryl methyl sites for hydroxylation is 1. The Morgan fingerprint density at radius 2 is 2.16 bits per heavy atom. The Kier molecular flexibility index (Phi) is 4.51. The van der Waals surface area contributed by atoms with E-state index in [-0.39, 0.29) is 6.61 Å². The Labute approximate surface area is 112 Å². The number of hydrazine groups is 1. The highest BCUT2D eigenvalue weighted by Crippen LogP contribution is 2.19. The zero-order chi connectivity index (χ0) is 13.7. The van der Waals surface area contributed by atoms with Crippen LogP contribution in [0.3, 0.4) is 0 Å². The number of aromatic nitrogens is 2. The monoisotopic (exact) mass is 265 g/mol. The summed E-state index contributed by atoms with van der Waals surface area (Å²) >= 11 is 0. The molecule has 7 nitrogen and oxygen atoms in total. The number of hydrogen-bond donors (Lipinski definition) is 2. The summed E-state index contributed by atoms with van der Waals surface area (Å²) in [5, 5.41) is 0. The number of carbonyl (C=O) groups excluding carboxylic acids is 1. The van der Waals surface area contributed by atoms with E-state index < -0.39 is 5.91 Å². The summed E-state index contributed by atoms with van der Waals surface area (Å²) in [5.41, 5.74) is 2.83. The van der Waals surface area contributed by atoms with Crippen LogP contribution >= 0.6 is 0 Å². The molecule has 1 aliphatic rings. The van der Waals surface area contributed by atoms with E-state index in [4.69, 9.17) is 10.6 Å². The van der Waals surface area contributed by atoms with Gasteiger partial charge < -0.3 is 9.64 Å². The first-order valence-corrected chi connectivity index (χ1v) is 6.42. The lowest BCUT2D eigenvalue weighted by atomic mass is 10.1. The maximum absolute atomic E-state index is 11.0. The van der Waals surface area contributed by atoms with Crippen LogP contribution < -0.4 is 20.9 Å². The third-order valence-corrected chi connectivity index (χ3v) is 2.97. The maximum atomic E-state index is 11.0. The number of nitrogens with two attached hydrogens (primary N) is 1. The van der Waals surface area contributed by atoms with Gasteiger partial charge in [0.1, 0.15) is 0 Å². The molecule has 1 aromatic rings. The molecular formula is C12H19N5O2. The zero-order valence-electron chi connectivity index (χ0n) is 11.1. The van der Waals surface area contributed by atoms with Crippen LogP contribution in [0.2, 0.25) is 0 Å². The van der Waals surface area contributed by atoms with Crippen molar-refractivity contribution < 1.29 is 9.53 Å². The first-order chi connectivity index (χ1) is 9.19. The standard InChI is InChI=1S/C12H19N5O2/c1-9-7-11(19-8-10(18)16-13)15-12(14-9)17-5-3-2-4-6-17/h7H,2-6,8,13H2,1H3,(H,16,18). The SMILES string of the molecule is Cc1cc(OCC(=O)NN)nc(N2CCCCC2)n1. The molecule has 104 valence electrons. The number of hydrogen-bond acceptors (Lipinski definition) is 6. The second-order valence-electron chi connectivity index (χ2n) is 4.55. The van der Waals surface area contributed by atoms with Gasteiger partial charge in [-0.05, 0) is 26.2 Å². The van der Waals surface area contributed by atoms with Crippen molar-refractivity contribution in [2.45, 2.75) is 26.2 Å². The van der Waals surface area contributed by atoms with Gasteiger partial charge in [0.05, 0.1) is 0 Å². The van der Waals surface area contributed by atoms with Gasteiger partial charge in [0.25, 0.3) is 5.91 Å². The minimum atomic E-state index is -0.393. The molecule has 0 bridgehead atoms. The summed E-state index contributed by atoms with van der Waals surface area (Å²) in [6.45, 7) is 3.66. The van der Waals surface area contributed by atoms with Crippen molar-refractivity contribution in [1.29, 1.82) is 0 Å². The smallest absolute Gasteiger partial charge is 0.271 e. The first kappa shape index (κ1) is 13.5. The van der Waals surface area contributed by atoms with Crippen LogP contribution in [0.1, 0.15) is 25.0 Å². The first-order valence-electron chi connectivity index (χ1n) is 6.42. The summed E-state index contributed by atoms with van der Waals surface area (Å²) in [6, 6.07) is 1.71. The van der Waals surface area contributed by atoms with Gasteiger partial charge in [-0.2, -0.15) is 4.98 Å². The van der Waals surface area contributed by atoms with Gasteiger partial charge in [-0.25, -0.2) is 10.8 Å². The molecule has 0 radical (unpaired) electrons. The van der Waals surface area contributed by atoms with Gasteiger partial charge in [-0.1, -0.05) is 0 Å². The topological polar surface area (TPSA) is 93.4 Å². The molecule has 1 aliphatic heterocycles. The number of carbonyl (C=O) groups is 1. The summed E-state index contributed by atoms with van der Waals surface area (Å²) in [5.74, 6) is 5.67. The van der Waals surface area contributed by atoms with Gasteiger partial charge in [0.2, 0.25) is 11.8 Å². The zero-order valence-corrected chi connectivity index (χ0v) is 11.1. The van der Waals surface area contributed by atoms with Crippen molar-refractivity contribution in [3.8, 4) is 5.88 Å². The minimum Gasteiger partial charge on any atom is -0.467 e. The largest absolute Gasteiger partial charge is 0.467 e. The van der Waals surface area contributed by atoms with E-state index in [1.165, 1.54) is 6.42 Å². The van der Waals surface area contributed by atoms with Crippen LogP contribution in [0.15, 0.2) is 6.07 Å². The predicted octanol–water partition coefficient (Wildman–Crippen LogP) is 0.144. The fourth-order valence-electron chi connectivity index (χ4n) is 2.01. The van der Waals surface area contributed by atoms with Gasteiger partial charge in [-0.3, -0.25) is 10.2 Å². The average Bonchev–Trinajstić information content (AvgIpc) is 2.45. The molecule has 0 spiro atoms. The second-order valence-corrected chi connectivity index (χ2v) is 4.55. The molecule has 0 atom stereocenters. The number of piperidine rings is 1. The van der Waals surface area contributed by atoms with Crippen LogP contribution in [-0.2, 0) is 4.79 Å². The van der Waals surface area contributed by atoms with Gasteiger partial charge in [0, 0.05) is 24.8 Å². The Hall–Kier alpha value is -1.89. The Bertz CT molecular complexity index is 446. The van der Waals surface area contributed by atoms with Crippen molar-refractivity contribution in [1.82, 2.24) is 15.4 Å². The molecule has 0 saturated carbocycles. The molecule has 19 heavy (non-hydrogen) atoms. The van der Waals surface area contributed by atoms with E-state index in [2.05, 4.69) is 14.9 Å². The molecule has 0 aromatic carbocycles. The fraction of sp³-hybridized carbons (Fsp3) is 0.583. The summed E-state index contributed by atoms with van der Waals surface area (Å²) in [6.07, 6.45) is 3.56. The Morgan fingerprint density at radius 3 is 2.84 bits per heavy atom. The van der Waals surface area contributed by atoms with Crippen LogP contribution in [0, 0.1) is 6.92 Å². The molecule has 0 aliphatic carbocycles. The average molecular weight is 265 g/mol. The molecule has 2 rings (SSSR count). The summed E-state index contributed by atoms with van der Waals surface area (Å²) < 4.78 is 5.30. The number of nitrogens with zero attached hydrogens (tertiary/aromatic N) is 3. The predicted molar refractivity (Wildman–Crippen MR) is 70.7 cm³/mol. The summed E-state index contributed by atoms with van der Waals surface area (Å²) in [7, 11) is 0. The van der Waals surface area contributed by atoms with Crippen molar-refractivity contribution in [2.24, 2.45) is 5.84 Å². The lowest BCUT2D eigenvalue weighted by Crippen LogP contribution is -2.34. The van der Waals surface area contributed by atoms with E-state index in [0.29, 0.717) is 11.8 Å². The van der Waals surface area contributed by atoms with Gasteiger partial charge >= 0.3 is 0 Å². The van der Waals surface area contributed by atoms with E-state index in [9.17, 15) is 4.79 Å². The maximum Gasteiger partial charge on any atom is 0.271 e. The van der Waals surface area contributed by atoms with E-state index >= 15 is 0 Å². The highest BCUT2D eigenvalue weighted by Gasteiger charge is 2.15. The van der Waals surface area contributed by atoms with Crippen LogP contribution in [0.5, 0.6) is 5.88 Å². The van der Waals surface area contributed by atoms with E-state index in [1.54, 1.807) is 6.07 Å². The van der Waals surface area contributed by atoms with Crippen LogP contribution in [0.4, 0.5) is 5.95 Å². The number of rotatable bonds is 4. The third kappa shape index (κ3) is 3.78. The lowest BCUT2D eigenvalue weighted by Gasteiger charge is -2.26. The van der Waals surface area contributed by atoms with Crippen LogP contribution in [-0.4, -0.2) is 35.6 Å². The molecule has 2 heterocycles. The molecule has 0 unspecified atom stereocenters. The number of amides is 1. The molecular weight excluding hydrogens is 246 g/mol. The number of ether oxygens (including phenoxy) is 1. The lowest BCUT2D eigenvalue weighted by molar-refractivity contribution is -0.123. The molecule has 7 heteroatoms. The Balaban J connectivity index is 2.07. The summed E-state index contributed by atoms with van der Waals surface area (Å²) in [4.78, 5) is 21.9. The van der Waals surface area contributed by atoms with Crippen molar-refractivity contribution >= 4 is 11.9 Å². The molecule has 1 fully saturated rings. The minimum absolute atomic E-state index is 0.146. The highest BCUT2D eigenvalue weighted by molar-refractivity contribution is 5.76. The molecule has 1 amide bonds. The van der Waals surface area contributed by atoms with Gasteiger partial charge in [0.15, 0.2) is 6.61 Å². The molecule has 1 saturated heterocycles. The number of anilines is 1. The molecule has 1 aromatic heterocycles. The second kappa shape index (κ2) is 6.33. The van der Waals surface area contributed by atoms with Crippen molar-refractivity contribution in [2.75, 3.05) is 24.6 Å². The van der Waals surface area contributed by atoms with E-state index in [1.807, 2.05) is 12.3 Å². The van der Waals surface area contributed by atoms with E-state index in [0.717, 1.165) is 31.6 Å². The van der Waals surface area contributed by atoms with Crippen molar-refractivity contribution in [3.63, 3.8) is 0 Å². The Morgan fingerprint density at radius 1 is 1.42 bits per heavy atom. The number of nitrogens with one attached hydrogen (secondary N) is 1. The fourth-order valence-corrected chi connectivity index (χ4v) is 2.01. The normalized spacial score (nSPS) is 15.2.